The molecule has 0 aliphatic heterocycles. The van der Waals surface area contributed by atoms with Crippen molar-refractivity contribution < 1.29 is 4.79 Å². The van der Waals surface area contributed by atoms with Crippen molar-refractivity contribution in [3.63, 3.8) is 0 Å². The van der Waals surface area contributed by atoms with E-state index >= 15 is 0 Å². The van der Waals surface area contributed by atoms with Gasteiger partial charge in [-0.2, -0.15) is 0 Å². The molecule has 0 radical (unpaired) electrons. The van der Waals surface area contributed by atoms with Crippen LogP contribution in [0.1, 0.15) is 15.9 Å². The average Bonchev–Trinajstić information content (AvgIpc) is 2.49. The topological polar surface area (TPSA) is 92.9 Å². The Hall–Kier alpha value is -1.99. The number of anilines is 1. The maximum Gasteiger partial charge on any atom is 0.268 e. The second-order valence-electron chi connectivity index (χ2n) is 4.07. The molecule has 0 fully saturated rings. The fraction of sp³-hybridized carbons (Fsp3) is 0.154. The smallest absolute Gasteiger partial charge is 0.268 e. The maximum atomic E-state index is 11.2. The van der Waals surface area contributed by atoms with E-state index in [1.807, 2.05) is 17.6 Å². The standard InChI is InChI=1S/C13H14BrN5O/c14-11-3-1-9(2-4-11)5-6-16-13-17-7-10(8-18-13)12(20)19-15/h1-4,7-8H,5-6,15H2,(H,19,20)(H,16,17,18). The second kappa shape index (κ2) is 6.97. The summed E-state index contributed by atoms with van der Waals surface area (Å²) >= 11 is 3.40. The summed E-state index contributed by atoms with van der Waals surface area (Å²) in [7, 11) is 0. The molecule has 7 heteroatoms. The number of hydrogen-bond acceptors (Lipinski definition) is 5. The lowest BCUT2D eigenvalue weighted by atomic mass is 10.1. The number of benzene rings is 1. The monoisotopic (exact) mass is 335 g/mol. The predicted molar refractivity (Wildman–Crippen MR) is 80.0 cm³/mol. The van der Waals surface area contributed by atoms with Gasteiger partial charge >= 0.3 is 0 Å². The zero-order valence-corrected chi connectivity index (χ0v) is 12.2. The first-order chi connectivity index (χ1) is 9.69. The minimum absolute atomic E-state index is 0.325. The molecule has 1 heterocycles. The maximum absolute atomic E-state index is 11.2. The molecule has 1 amide bonds. The van der Waals surface area contributed by atoms with E-state index < -0.39 is 5.91 Å². The molecule has 1 aromatic carbocycles. The second-order valence-corrected chi connectivity index (χ2v) is 4.99. The van der Waals surface area contributed by atoms with Crippen molar-refractivity contribution in [2.24, 2.45) is 5.84 Å². The van der Waals surface area contributed by atoms with Crippen molar-refractivity contribution in [2.45, 2.75) is 6.42 Å². The largest absolute Gasteiger partial charge is 0.354 e. The van der Waals surface area contributed by atoms with Crippen LogP contribution in [0, 0.1) is 0 Å². The molecule has 0 spiro atoms. The van der Waals surface area contributed by atoms with Crippen LogP contribution in [0.2, 0.25) is 0 Å². The van der Waals surface area contributed by atoms with Crippen molar-refractivity contribution in [1.82, 2.24) is 15.4 Å². The molecule has 0 unspecified atom stereocenters. The summed E-state index contributed by atoms with van der Waals surface area (Å²) in [6.07, 6.45) is 3.72. The van der Waals surface area contributed by atoms with Gasteiger partial charge < -0.3 is 5.32 Å². The number of aromatic nitrogens is 2. The SMILES string of the molecule is NNC(=O)c1cnc(NCCc2ccc(Br)cc2)nc1. The molecule has 0 atom stereocenters. The Bertz CT molecular complexity index is 570. The molecule has 20 heavy (non-hydrogen) atoms. The van der Waals surface area contributed by atoms with Gasteiger partial charge in [0, 0.05) is 23.4 Å². The first kappa shape index (κ1) is 14.4. The normalized spacial score (nSPS) is 10.1. The van der Waals surface area contributed by atoms with Gasteiger partial charge in [0.15, 0.2) is 0 Å². The zero-order valence-electron chi connectivity index (χ0n) is 10.6. The van der Waals surface area contributed by atoms with Crippen LogP contribution in [0.3, 0.4) is 0 Å². The van der Waals surface area contributed by atoms with Crippen molar-refractivity contribution in [3.05, 3.63) is 52.3 Å². The number of carbonyl (C=O) groups excluding carboxylic acids is 1. The summed E-state index contributed by atoms with van der Waals surface area (Å²) in [6.45, 7) is 0.712. The number of nitrogen functional groups attached to an aromatic ring is 1. The van der Waals surface area contributed by atoms with Crippen molar-refractivity contribution >= 4 is 27.8 Å². The molecule has 2 aromatic rings. The van der Waals surface area contributed by atoms with Gasteiger partial charge in [-0.15, -0.1) is 0 Å². The first-order valence-corrected chi connectivity index (χ1v) is 6.79. The van der Waals surface area contributed by atoms with Crippen LogP contribution >= 0.6 is 15.9 Å². The summed E-state index contributed by atoms with van der Waals surface area (Å²) in [6, 6.07) is 8.13. The number of amides is 1. The predicted octanol–water partition coefficient (Wildman–Crippen LogP) is 1.50. The van der Waals surface area contributed by atoms with Gasteiger partial charge in [-0.1, -0.05) is 28.1 Å². The van der Waals surface area contributed by atoms with Crippen LogP contribution < -0.4 is 16.6 Å². The summed E-state index contributed by atoms with van der Waals surface area (Å²) in [5.41, 5.74) is 3.57. The highest BCUT2D eigenvalue weighted by atomic mass is 79.9. The molecule has 1 aromatic heterocycles. The molecular weight excluding hydrogens is 322 g/mol. The molecular formula is C13H14BrN5O. The minimum atomic E-state index is -0.411. The van der Waals surface area contributed by atoms with Crippen molar-refractivity contribution in [1.29, 1.82) is 0 Å². The van der Waals surface area contributed by atoms with Gasteiger partial charge in [0.2, 0.25) is 5.95 Å². The van der Waals surface area contributed by atoms with Gasteiger partial charge in [-0.05, 0) is 24.1 Å². The zero-order chi connectivity index (χ0) is 14.4. The number of hydrogen-bond donors (Lipinski definition) is 3. The molecule has 0 aliphatic carbocycles. The highest BCUT2D eigenvalue weighted by Crippen LogP contribution is 2.11. The van der Waals surface area contributed by atoms with E-state index in [-0.39, 0.29) is 0 Å². The molecule has 4 N–H and O–H groups in total. The number of nitrogens with zero attached hydrogens (tertiary/aromatic N) is 2. The van der Waals surface area contributed by atoms with E-state index in [0.29, 0.717) is 18.1 Å². The molecule has 104 valence electrons. The number of rotatable bonds is 5. The molecule has 0 saturated carbocycles. The van der Waals surface area contributed by atoms with Crippen LogP contribution in [0.5, 0.6) is 0 Å². The van der Waals surface area contributed by atoms with Crippen LogP contribution in [-0.2, 0) is 6.42 Å². The average molecular weight is 336 g/mol. The Morgan fingerprint density at radius 3 is 2.45 bits per heavy atom. The molecule has 2 rings (SSSR count). The van der Waals surface area contributed by atoms with Crippen LogP contribution in [-0.4, -0.2) is 22.4 Å². The highest BCUT2D eigenvalue weighted by molar-refractivity contribution is 9.10. The highest BCUT2D eigenvalue weighted by Gasteiger charge is 2.04. The summed E-state index contributed by atoms with van der Waals surface area (Å²) in [5.74, 6) is 5.09. The van der Waals surface area contributed by atoms with Crippen LogP contribution in [0.15, 0.2) is 41.1 Å². The Kier molecular flexibility index (Phi) is 5.03. The number of halogens is 1. The minimum Gasteiger partial charge on any atom is -0.354 e. The van der Waals surface area contributed by atoms with Crippen molar-refractivity contribution in [2.75, 3.05) is 11.9 Å². The van der Waals surface area contributed by atoms with E-state index in [9.17, 15) is 4.79 Å². The van der Waals surface area contributed by atoms with Crippen molar-refractivity contribution in [3.8, 4) is 0 Å². The van der Waals surface area contributed by atoms with E-state index in [0.717, 1.165) is 10.9 Å². The van der Waals surface area contributed by atoms with Gasteiger partial charge in [-0.25, -0.2) is 15.8 Å². The third-order valence-electron chi connectivity index (χ3n) is 2.66. The third kappa shape index (κ3) is 4.01. The lowest BCUT2D eigenvalue weighted by Gasteiger charge is -2.05. The molecule has 0 saturated heterocycles. The van der Waals surface area contributed by atoms with E-state index in [1.54, 1.807) is 0 Å². The molecule has 6 nitrogen and oxygen atoms in total. The third-order valence-corrected chi connectivity index (χ3v) is 3.18. The van der Waals surface area contributed by atoms with Gasteiger partial charge in [0.1, 0.15) is 0 Å². The number of nitrogens with two attached hydrogens (primary N) is 1. The lowest BCUT2D eigenvalue weighted by molar-refractivity contribution is 0.0953. The molecule has 0 aliphatic rings. The lowest BCUT2D eigenvalue weighted by Crippen LogP contribution is -2.30. The van der Waals surface area contributed by atoms with Crippen LogP contribution in [0.25, 0.3) is 0 Å². The number of hydrazine groups is 1. The fourth-order valence-electron chi connectivity index (χ4n) is 1.59. The summed E-state index contributed by atoms with van der Waals surface area (Å²) in [5, 5.41) is 3.10. The first-order valence-electron chi connectivity index (χ1n) is 6.00. The summed E-state index contributed by atoms with van der Waals surface area (Å²) in [4.78, 5) is 19.3. The van der Waals surface area contributed by atoms with Crippen LogP contribution in [0.4, 0.5) is 5.95 Å². The Labute approximate surface area is 124 Å². The number of carbonyl (C=O) groups is 1. The van der Waals surface area contributed by atoms with E-state index in [4.69, 9.17) is 5.84 Å². The van der Waals surface area contributed by atoms with Gasteiger partial charge in [0.25, 0.3) is 5.91 Å². The van der Waals surface area contributed by atoms with Gasteiger partial charge in [0.05, 0.1) is 5.56 Å². The fourth-order valence-corrected chi connectivity index (χ4v) is 1.85. The summed E-state index contributed by atoms with van der Waals surface area (Å²) < 4.78 is 1.06. The quantitative estimate of drug-likeness (QED) is 0.437. The Balaban J connectivity index is 1.85. The number of nitrogens with one attached hydrogen (secondary N) is 2. The Morgan fingerprint density at radius 2 is 1.85 bits per heavy atom. The molecule has 0 bridgehead atoms. The van der Waals surface area contributed by atoms with E-state index in [1.165, 1.54) is 18.0 Å². The van der Waals surface area contributed by atoms with Gasteiger partial charge in [-0.3, -0.25) is 10.2 Å². The van der Waals surface area contributed by atoms with E-state index in [2.05, 4.69) is 43.3 Å². The Morgan fingerprint density at radius 1 is 1.20 bits per heavy atom.